The van der Waals surface area contributed by atoms with Gasteiger partial charge in [-0.2, -0.15) is 0 Å². The molecule has 0 saturated carbocycles. The van der Waals surface area contributed by atoms with Crippen molar-refractivity contribution in [3.05, 3.63) is 16.4 Å². The van der Waals surface area contributed by atoms with Crippen LogP contribution in [0.5, 0.6) is 0 Å². The van der Waals surface area contributed by atoms with E-state index in [0.29, 0.717) is 11.1 Å². The van der Waals surface area contributed by atoms with Crippen LogP contribution in [0.2, 0.25) is 0 Å². The number of nitrogen functional groups attached to an aromatic ring is 1. The minimum atomic E-state index is -0.511. The van der Waals surface area contributed by atoms with E-state index in [1.54, 1.807) is 6.92 Å². The van der Waals surface area contributed by atoms with E-state index in [9.17, 15) is 4.79 Å². The number of rotatable bonds is 2. The first-order chi connectivity index (χ1) is 6.15. The van der Waals surface area contributed by atoms with Crippen molar-refractivity contribution in [3.63, 3.8) is 0 Å². The molecule has 0 bridgehead atoms. The third-order valence-corrected chi connectivity index (χ3v) is 1.81. The summed E-state index contributed by atoms with van der Waals surface area (Å²) in [6.45, 7) is 2.02. The summed E-state index contributed by atoms with van der Waals surface area (Å²) in [6, 6.07) is 0. The first-order valence-electron chi connectivity index (χ1n) is 3.60. The van der Waals surface area contributed by atoms with Crippen LogP contribution in [0.4, 0.5) is 5.95 Å². The van der Waals surface area contributed by atoms with E-state index in [1.165, 1.54) is 6.20 Å². The smallest absolute Gasteiger partial charge is 0.358 e. The number of aromatic nitrogens is 2. The van der Waals surface area contributed by atoms with Crippen LogP contribution in [0.1, 0.15) is 17.4 Å². The van der Waals surface area contributed by atoms with Crippen LogP contribution in [0, 0.1) is 0 Å². The number of hydrogen-bond donors (Lipinski definition) is 1. The Hall–Kier alpha value is -1.17. The molecule has 2 N–H and O–H groups in total. The SMILES string of the molecule is CCOC(=O)c1nc(N)ncc1Br. The van der Waals surface area contributed by atoms with Gasteiger partial charge in [0.25, 0.3) is 0 Å². The quantitative estimate of drug-likeness (QED) is 0.787. The number of ether oxygens (including phenoxy) is 1. The molecule has 1 aromatic rings. The zero-order chi connectivity index (χ0) is 9.84. The molecule has 13 heavy (non-hydrogen) atoms. The molecule has 0 unspecified atom stereocenters. The lowest BCUT2D eigenvalue weighted by Gasteiger charge is -2.02. The monoisotopic (exact) mass is 245 g/mol. The van der Waals surface area contributed by atoms with E-state index >= 15 is 0 Å². The lowest BCUT2D eigenvalue weighted by atomic mass is 10.4. The molecular formula is C7H8BrN3O2. The number of nitrogens with zero attached hydrogens (tertiary/aromatic N) is 2. The van der Waals surface area contributed by atoms with Crippen molar-refractivity contribution in [2.45, 2.75) is 6.92 Å². The van der Waals surface area contributed by atoms with Gasteiger partial charge in [-0.25, -0.2) is 14.8 Å². The predicted octanol–water partition coefficient (Wildman–Crippen LogP) is 0.998. The molecule has 0 amide bonds. The average molecular weight is 246 g/mol. The molecule has 0 radical (unpaired) electrons. The maximum absolute atomic E-state index is 11.2. The zero-order valence-corrected chi connectivity index (χ0v) is 8.54. The molecule has 0 saturated heterocycles. The summed E-state index contributed by atoms with van der Waals surface area (Å²) in [4.78, 5) is 18.7. The van der Waals surface area contributed by atoms with Gasteiger partial charge in [0, 0.05) is 6.20 Å². The van der Waals surface area contributed by atoms with Crippen molar-refractivity contribution in [1.29, 1.82) is 0 Å². The molecule has 6 heteroatoms. The third kappa shape index (κ3) is 2.38. The van der Waals surface area contributed by atoms with Crippen LogP contribution >= 0.6 is 15.9 Å². The summed E-state index contributed by atoms with van der Waals surface area (Å²) in [5.41, 5.74) is 5.46. The molecule has 0 atom stereocenters. The molecule has 0 aliphatic heterocycles. The topological polar surface area (TPSA) is 78.1 Å². The first-order valence-corrected chi connectivity index (χ1v) is 4.39. The Morgan fingerprint density at radius 2 is 2.46 bits per heavy atom. The van der Waals surface area contributed by atoms with E-state index in [1.807, 2.05) is 0 Å². The van der Waals surface area contributed by atoms with E-state index in [-0.39, 0.29) is 11.6 Å². The second-order valence-corrected chi connectivity index (χ2v) is 3.00. The van der Waals surface area contributed by atoms with Crippen molar-refractivity contribution in [3.8, 4) is 0 Å². The highest BCUT2D eigenvalue weighted by molar-refractivity contribution is 9.10. The van der Waals surface area contributed by atoms with Gasteiger partial charge in [-0.3, -0.25) is 0 Å². The normalized spacial score (nSPS) is 9.69. The Morgan fingerprint density at radius 3 is 3.08 bits per heavy atom. The number of halogens is 1. The van der Waals surface area contributed by atoms with Crippen molar-refractivity contribution in [2.75, 3.05) is 12.3 Å². The molecule has 5 nitrogen and oxygen atoms in total. The average Bonchev–Trinajstić information content (AvgIpc) is 2.09. The molecule has 1 rings (SSSR count). The van der Waals surface area contributed by atoms with E-state index < -0.39 is 5.97 Å². The van der Waals surface area contributed by atoms with Gasteiger partial charge in [-0.1, -0.05) is 0 Å². The molecular weight excluding hydrogens is 238 g/mol. The largest absolute Gasteiger partial charge is 0.461 e. The fourth-order valence-corrected chi connectivity index (χ4v) is 1.08. The van der Waals surface area contributed by atoms with Crippen LogP contribution < -0.4 is 5.73 Å². The number of esters is 1. The predicted molar refractivity (Wildman–Crippen MR) is 50.1 cm³/mol. The number of anilines is 1. The fraction of sp³-hybridized carbons (Fsp3) is 0.286. The zero-order valence-electron chi connectivity index (χ0n) is 6.95. The number of carbonyl (C=O) groups excluding carboxylic acids is 1. The van der Waals surface area contributed by atoms with Crippen LogP contribution in [0.25, 0.3) is 0 Å². The summed E-state index contributed by atoms with van der Waals surface area (Å²) >= 11 is 3.12. The molecule has 1 heterocycles. The molecule has 1 aromatic heterocycles. The highest BCUT2D eigenvalue weighted by atomic mass is 79.9. The lowest BCUT2D eigenvalue weighted by molar-refractivity contribution is 0.0518. The fourth-order valence-electron chi connectivity index (χ4n) is 0.723. The number of nitrogens with two attached hydrogens (primary N) is 1. The number of carbonyl (C=O) groups is 1. The molecule has 70 valence electrons. The van der Waals surface area contributed by atoms with E-state index in [2.05, 4.69) is 25.9 Å². The third-order valence-electron chi connectivity index (χ3n) is 1.23. The van der Waals surface area contributed by atoms with Gasteiger partial charge in [-0.15, -0.1) is 0 Å². The molecule has 0 aliphatic rings. The van der Waals surface area contributed by atoms with Gasteiger partial charge in [-0.05, 0) is 22.9 Å². The minimum absolute atomic E-state index is 0.0475. The Morgan fingerprint density at radius 1 is 1.77 bits per heavy atom. The van der Waals surface area contributed by atoms with Gasteiger partial charge in [0.2, 0.25) is 5.95 Å². The van der Waals surface area contributed by atoms with E-state index in [0.717, 1.165) is 0 Å². The molecule has 0 aliphatic carbocycles. The van der Waals surface area contributed by atoms with Crippen LogP contribution in [0.15, 0.2) is 10.7 Å². The highest BCUT2D eigenvalue weighted by Crippen LogP contribution is 2.14. The summed E-state index contributed by atoms with van der Waals surface area (Å²) in [5, 5.41) is 0. The van der Waals surface area contributed by atoms with Crippen molar-refractivity contribution in [2.24, 2.45) is 0 Å². The van der Waals surface area contributed by atoms with Crippen LogP contribution in [0.3, 0.4) is 0 Å². The second-order valence-electron chi connectivity index (χ2n) is 2.15. The van der Waals surface area contributed by atoms with Crippen molar-refractivity contribution >= 4 is 27.8 Å². The van der Waals surface area contributed by atoms with Gasteiger partial charge in [0.05, 0.1) is 11.1 Å². The summed E-state index contributed by atoms with van der Waals surface area (Å²) in [7, 11) is 0. The van der Waals surface area contributed by atoms with E-state index in [4.69, 9.17) is 10.5 Å². The second kappa shape index (κ2) is 4.18. The van der Waals surface area contributed by atoms with Gasteiger partial charge < -0.3 is 10.5 Å². The van der Waals surface area contributed by atoms with Gasteiger partial charge in [0.15, 0.2) is 5.69 Å². The summed E-state index contributed by atoms with van der Waals surface area (Å²) < 4.78 is 5.22. The van der Waals surface area contributed by atoms with Crippen LogP contribution in [-0.2, 0) is 4.74 Å². The summed E-state index contributed by atoms with van der Waals surface area (Å²) in [5.74, 6) is -0.463. The van der Waals surface area contributed by atoms with Gasteiger partial charge in [0.1, 0.15) is 0 Å². The maximum atomic E-state index is 11.2. The Balaban J connectivity index is 2.99. The summed E-state index contributed by atoms with van der Waals surface area (Å²) in [6.07, 6.45) is 1.41. The molecule has 0 fully saturated rings. The maximum Gasteiger partial charge on any atom is 0.358 e. The lowest BCUT2D eigenvalue weighted by Crippen LogP contribution is -2.10. The minimum Gasteiger partial charge on any atom is -0.461 e. The Kier molecular flexibility index (Phi) is 3.18. The van der Waals surface area contributed by atoms with Gasteiger partial charge >= 0.3 is 5.97 Å². The van der Waals surface area contributed by atoms with Crippen molar-refractivity contribution in [1.82, 2.24) is 9.97 Å². The van der Waals surface area contributed by atoms with Crippen molar-refractivity contribution < 1.29 is 9.53 Å². The number of hydrogen-bond acceptors (Lipinski definition) is 5. The molecule has 0 aromatic carbocycles. The Bertz CT molecular complexity index is 330. The molecule has 0 spiro atoms. The Labute approximate surface area is 83.4 Å². The first kappa shape index (κ1) is 9.91. The highest BCUT2D eigenvalue weighted by Gasteiger charge is 2.13. The van der Waals surface area contributed by atoms with Crippen LogP contribution in [-0.4, -0.2) is 22.5 Å². The standard InChI is InChI=1S/C7H8BrN3O2/c1-2-13-6(12)5-4(8)3-10-7(9)11-5/h3H,2H2,1H3,(H2,9,10,11).